The van der Waals surface area contributed by atoms with Gasteiger partial charge in [-0.15, -0.1) is 0 Å². The molecule has 1 unspecified atom stereocenters. The van der Waals surface area contributed by atoms with Crippen LogP contribution in [0.1, 0.15) is 355 Å². The highest BCUT2D eigenvalue weighted by molar-refractivity contribution is 5.71. The van der Waals surface area contributed by atoms with Crippen molar-refractivity contribution in [2.75, 3.05) is 13.2 Å². The normalized spacial score (nSPS) is 12.1. The summed E-state index contributed by atoms with van der Waals surface area (Å²) in [6.07, 6.45) is 72.1. The minimum absolute atomic E-state index is 0.0651. The van der Waals surface area contributed by atoms with Crippen molar-refractivity contribution in [3.8, 4) is 0 Å². The molecule has 0 amide bonds. The molecular weight excluding hydrogens is 877 g/mol. The molecule has 0 spiro atoms. The van der Waals surface area contributed by atoms with Crippen LogP contribution in [0.2, 0.25) is 0 Å². The Hall–Kier alpha value is -2.11. The molecule has 0 aliphatic carbocycles. The van der Waals surface area contributed by atoms with Gasteiger partial charge in [-0.05, 0) is 51.4 Å². The second-order valence-corrected chi connectivity index (χ2v) is 21.7. The van der Waals surface area contributed by atoms with Crippen molar-refractivity contribution in [3.63, 3.8) is 0 Å². The van der Waals surface area contributed by atoms with Gasteiger partial charge in [0, 0.05) is 19.3 Å². The lowest BCUT2D eigenvalue weighted by Crippen LogP contribution is -2.30. The van der Waals surface area contributed by atoms with Crippen LogP contribution in [0.3, 0.4) is 0 Å². The van der Waals surface area contributed by atoms with Crippen LogP contribution in [0.15, 0.2) is 24.3 Å². The van der Waals surface area contributed by atoms with Crippen LogP contribution >= 0.6 is 0 Å². The lowest BCUT2D eigenvalue weighted by Gasteiger charge is -2.18. The number of carbonyl (C=O) groups excluding carboxylic acids is 3. The lowest BCUT2D eigenvalue weighted by atomic mass is 10.0. The summed E-state index contributed by atoms with van der Waals surface area (Å²) in [5.41, 5.74) is 0. The van der Waals surface area contributed by atoms with Crippen LogP contribution in [0.4, 0.5) is 0 Å². The summed E-state index contributed by atoms with van der Waals surface area (Å²) in [4.78, 5) is 38.1. The van der Waals surface area contributed by atoms with Gasteiger partial charge in [0.1, 0.15) is 13.2 Å². The number of rotatable bonds is 59. The van der Waals surface area contributed by atoms with E-state index in [4.69, 9.17) is 14.2 Å². The third kappa shape index (κ3) is 58.7. The van der Waals surface area contributed by atoms with Crippen molar-refractivity contribution in [2.24, 2.45) is 0 Å². The molecule has 418 valence electrons. The first-order valence-corrected chi connectivity index (χ1v) is 31.8. The Morgan fingerprint density at radius 1 is 0.282 bits per heavy atom. The fraction of sp³-hybridized carbons (Fsp3) is 0.892. The molecule has 0 aromatic heterocycles. The third-order valence-electron chi connectivity index (χ3n) is 14.5. The molecule has 0 fully saturated rings. The Morgan fingerprint density at radius 2 is 0.507 bits per heavy atom. The van der Waals surface area contributed by atoms with Gasteiger partial charge in [-0.3, -0.25) is 14.4 Å². The summed E-state index contributed by atoms with van der Waals surface area (Å²) in [5.74, 6) is -0.844. The van der Waals surface area contributed by atoms with E-state index >= 15 is 0 Å². The van der Waals surface area contributed by atoms with Gasteiger partial charge in [0.25, 0.3) is 0 Å². The molecule has 0 aromatic rings. The maximum atomic E-state index is 12.8. The molecule has 0 heterocycles. The van der Waals surface area contributed by atoms with Crippen LogP contribution in [-0.4, -0.2) is 37.2 Å². The number of hydrogen-bond acceptors (Lipinski definition) is 6. The summed E-state index contributed by atoms with van der Waals surface area (Å²) < 4.78 is 16.9. The van der Waals surface area contributed by atoms with Gasteiger partial charge in [0.2, 0.25) is 0 Å². The first-order chi connectivity index (χ1) is 35.0. The van der Waals surface area contributed by atoms with Crippen molar-refractivity contribution < 1.29 is 28.6 Å². The second kappa shape index (κ2) is 60.4. The van der Waals surface area contributed by atoms with Gasteiger partial charge in [-0.25, -0.2) is 0 Å². The van der Waals surface area contributed by atoms with Crippen LogP contribution in [0, 0.1) is 0 Å². The van der Waals surface area contributed by atoms with Crippen molar-refractivity contribution in [3.05, 3.63) is 24.3 Å². The summed E-state index contributed by atoms with van der Waals surface area (Å²) in [6, 6.07) is 0. The second-order valence-electron chi connectivity index (χ2n) is 21.7. The molecule has 0 aliphatic rings. The largest absolute Gasteiger partial charge is 0.462 e. The molecule has 71 heavy (non-hydrogen) atoms. The standard InChI is InChI=1S/C65H122O6/c1-4-7-10-13-16-19-21-23-25-27-29-30-31-32-33-34-35-36-37-39-40-42-44-46-49-52-55-58-64(67)70-61-62(60-69-63(66)57-54-51-48-18-15-12-9-6-3)71-65(68)59-56-53-50-47-45-43-41-38-28-26-24-22-20-17-14-11-8-5-2/h21,23,27,29,62H,4-20,22,24-26,28,30-61H2,1-3H3/b23-21-,29-27-. The fourth-order valence-electron chi connectivity index (χ4n) is 9.65. The molecule has 6 nitrogen and oxygen atoms in total. The molecule has 0 bridgehead atoms. The van der Waals surface area contributed by atoms with E-state index in [9.17, 15) is 14.4 Å². The molecule has 1 atom stereocenters. The Bertz CT molecular complexity index is 1150. The van der Waals surface area contributed by atoms with Gasteiger partial charge in [-0.1, -0.05) is 308 Å². The zero-order valence-electron chi connectivity index (χ0n) is 48.0. The summed E-state index contributed by atoms with van der Waals surface area (Å²) >= 11 is 0. The number of ether oxygens (including phenoxy) is 3. The average Bonchev–Trinajstić information content (AvgIpc) is 3.37. The predicted octanol–water partition coefficient (Wildman–Crippen LogP) is 21.4. The van der Waals surface area contributed by atoms with E-state index < -0.39 is 6.10 Å². The molecule has 6 heteroatoms. The number of allylic oxidation sites excluding steroid dienone is 4. The average molecular weight is 1000 g/mol. The molecular formula is C65H122O6. The van der Waals surface area contributed by atoms with Crippen molar-refractivity contribution in [1.82, 2.24) is 0 Å². The van der Waals surface area contributed by atoms with E-state index in [0.29, 0.717) is 19.3 Å². The van der Waals surface area contributed by atoms with E-state index in [2.05, 4.69) is 45.1 Å². The van der Waals surface area contributed by atoms with E-state index in [1.54, 1.807) is 0 Å². The summed E-state index contributed by atoms with van der Waals surface area (Å²) in [7, 11) is 0. The SMILES string of the molecule is CCCCCCC/C=C\C/C=C\CCCCCCCCCCCCCCCCCC(=O)OCC(COC(=O)CCCCCCCCCC)OC(=O)CCCCCCCCCCCCCCCCCCCC. The monoisotopic (exact) mass is 999 g/mol. The van der Waals surface area contributed by atoms with Crippen LogP contribution in [-0.2, 0) is 28.6 Å². The Balaban J connectivity index is 4.09. The number of esters is 3. The smallest absolute Gasteiger partial charge is 0.306 e. The zero-order valence-corrected chi connectivity index (χ0v) is 48.0. The van der Waals surface area contributed by atoms with Crippen molar-refractivity contribution >= 4 is 17.9 Å². The quantitative estimate of drug-likeness (QED) is 0.0261. The molecule has 0 rings (SSSR count). The highest BCUT2D eigenvalue weighted by atomic mass is 16.6. The van der Waals surface area contributed by atoms with Gasteiger partial charge in [-0.2, -0.15) is 0 Å². The lowest BCUT2D eigenvalue weighted by molar-refractivity contribution is -0.167. The van der Waals surface area contributed by atoms with Gasteiger partial charge in [0.15, 0.2) is 6.10 Å². The van der Waals surface area contributed by atoms with E-state index in [-0.39, 0.29) is 31.1 Å². The molecule has 0 saturated carbocycles. The fourth-order valence-corrected chi connectivity index (χ4v) is 9.65. The summed E-state index contributed by atoms with van der Waals surface area (Å²) in [6.45, 7) is 6.66. The number of unbranched alkanes of at least 4 members (excludes halogenated alkanes) is 44. The Kier molecular flexibility index (Phi) is 58.6. The van der Waals surface area contributed by atoms with Crippen molar-refractivity contribution in [1.29, 1.82) is 0 Å². The Morgan fingerprint density at radius 3 is 0.775 bits per heavy atom. The third-order valence-corrected chi connectivity index (χ3v) is 14.5. The van der Waals surface area contributed by atoms with Crippen LogP contribution in [0.5, 0.6) is 0 Å². The van der Waals surface area contributed by atoms with Crippen LogP contribution < -0.4 is 0 Å². The molecule has 0 N–H and O–H groups in total. The minimum Gasteiger partial charge on any atom is -0.462 e. The van der Waals surface area contributed by atoms with E-state index in [1.807, 2.05) is 0 Å². The Labute approximate surface area is 443 Å². The molecule has 0 radical (unpaired) electrons. The highest BCUT2D eigenvalue weighted by Gasteiger charge is 2.19. The van der Waals surface area contributed by atoms with Gasteiger partial charge >= 0.3 is 17.9 Å². The predicted molar refractivity (Wildman–Crippen MR) is 307 cm³/mol. The first kappa shape index (κ1) is 68.9. The minimum atomic E-state index is -0.764. The van der Waals surface area contributed by atoms with E-state index in [0.717, 1.165) is 64.2 Å². The number of carbonyl (C=O) groups is 3. The highest BCUT2D eigenvalue weighted by Crippen LogP contribution is 2.18. The zero-order chi connectivity index (χ0) is 51.4. The van der Waals surface area contributed by atoms with Gasteiger partial charge < -0.3 is 14.2 Å². The van der Waals surface area contributed by atoms with Crippen molar-refractivity contribution in [2.45, 2.75) is 361 Å². The molecule has 0 aromatic carbocycles. The summed E-state index contributed by atoms with van der Waals surface area (Å²) in [5, 5.41) is 0. The topological polar surface area (TPSA) is 78.9 Å². The number of hydrogen-bond donors (Lipinski definition) is 0. The van der Waals surface area contributed by atoms with Gasteiger partial charge in [0.05, 0.1) is 0 Å². The van der Waals surface area contributed by atoms with Crippen LogP contribution in [0.25, 0.3) is 0 Å². The molecule has 0 aliphatic heterocycles. The maximum Gasteiger partial charge on any atom is 0.306 e. The molecule has 0 saturated heterocycles. The van der Waals surface area contributed by atoms with E-state index in [1.165, 1.54) is 250 Å². The maximum absolute atomic E-state index is 12.8. The first-order valence-electron chi connectivity index (χ1n) is 31.8.